The molecule has 228 valence electrons. The lowest BCUT2D eigenvalue weighted by atomic mass is 10.00. The quantitative estimate of drug-likeness (QED) is 0.329. The monoisotopic (exact) mass is 601 g/mol. The summed E-state index contributed by atoms with van der Waals surface area (Å²) < 4.78 is 31.9. The van der Waals surface area contributed by atoms with E-state index in [1.807, 2.05) is 25.1 Å². The number of imidazole rings is 1. The number of aromatic nitrogens is 2. The molecule has 2 aliphatic rings. The molecule has 44 heavy (non-hydrogen) atoms. The summed E-state index contributed by atoms with van der Waals surface area (Å²) in [6.07, 6.45) is 0.0232. The molecule has 0 unspecified atom stereocenters. The van der Waals surface area contributed by atoms with Crippen molar-refractivity contribution in [2.75, 3.05) is 26.8 Å². The number of piperidine rings is 1. The standard InChI is InChI=1S/C32H32FN5O6/c1-18-35-24-5-3-19(11-25(24)36-18)12-31(40)38-8-7-27-26(16-38)37-30(39)17-43-29-13-21(4-6-28(29)42-2)32(41)34-15-20-9-22(33)14-23(10-20)44-27/h3-6,9-11,13-14,26-27H,7-8,12,15-17H2,1-2H3,(H,34,41)(H,35,36)(H,37,39)/t26-,27+/m1/s1. The molecule has 3 N–H and O–H groups in total. The third-order valence-electron chi connectivity index (χ3n) is 7.72. The molecule has 11 nitrogen and oxygen atoms in total. The van der Waals surface area contributed by atoms with E-state index in [-0.39, 0.29) is 49.1 Å². The summed E-state index contributed by atoms with van der Waals surface area (Å²) in [5.41, 5.74) is 3.32. The smallest absolute Gasteiger partial charge is 0.258 e. The van der Waals surface area contributed by atoms with Gasteiger partial charge in [-0.25, -0.2) is 9.37 Å². The highest BCUT2D eigenvalue weighted by atomic mass is 19.1. The Morgan fingerprint density at radius 1 is 1.14 bits per heavy atom. The van der Waals surface area contributed by atoms with Crippen molar-refractivity contribution < 1.29 is 33.0 Å². The summed E-state index contributed by atoms with van der Waals surface area (Å²) in [6, 6.07) is 13.9. The van der Waals surface area contributed by atoms with Crippen molar-refractivity contribution in [2.24, 2.45) is 0 Å². The van der Waals surface area contributed by atoms with Crippen molar-refractivity contribution in [3.8, 4) is 17.2 Å². The van der Waals surface area contributed by atoms with Gasteiger partial charge in [0.2, 0.25) is 5.91 Å². The highest BCUT2D eigenvalue weighted by Crippen LogP contribution is 2.29. The lowest BCUT2D eigenvalue weighted by molar-refractivity contribution is -0.135. The number of ether oxygens (including phenoxy) is 3. The number of benzene rings is 3. The van der Waals surface area contributed by atoms with Gasteiger partial charge in [0.15, 0.2) is 18.1 Å². The normalized spacial score (nSPS) is 18.8. The van der Waals surface area contributed by atoms with Gasteiger partial charge < -0.3 is 34.7 Å². The Kier molecular flexibility index (Phi) is 8.05. The molecule has 3 heterocycles. The fourth-order valence-electron chi connectivity index (χ4n) is 5.59. The Morgan fingerprint density at radius 3 is 2.84 bits per heavy atom. The van der Waals surface area contributed by atoms with E-state index in [0.717, 1.165) is 22.4 Å². The average molecular weight is 602 g/mol. The van der Waals surface area contributed by atoms with E-state index in [9.17, 15) is 18.8 Å². The second-order valence-electron chi connectivity index (χ2n) is 10.9. The topological polar surface area (TPSA) is 135 Å². The van der Waals surface area contributed by atoms with Crippen molar-refractivity contribution in [2.45, 2.75) is 38.5 Å². The number of carbonyl (C=O) groups is 3. The molecule has 1 fully saturated rings. The van der Waals surface area contributed by atoms with Crippen LogP contribution in [0.2, 0.25) is 0 Å². The van der Waals surface area contributed by atoms with Crippen LogP contribution in [-0.2, 0) is 22.6 Å². The summed E-state index contributed by atoms with van der Waals surface area (Å²) in [5, 5.41) is 5.72. The zero-order valence-electron chi connectivity index (χ0n) is 24.3. The third-order valence-corrected chi connectivity index (χ3v) is 7.72. The molecule has 0 spiro atoms. The molecule has 2 aliphatic heterocycles. The number of hydrogen-bond acceptors (Lipinski definition) is 7. The maximum atomic E-state index is 14.6. The minimum atomic E-state index is -0.603. The SMILES string of the molecule is COc1ccc2cc1OCC(=O)N[C@@H]1CN(C(=O)Cc3ccc4nc(C)[nH]c4c3)CC[C@@H]1Oc1cc(F)cc(c1)CNC2=O. The Balaban J connectivity index is 1.24. The van der Waals surface area contributed by atoms with Crippen LogP contribution in [0.5, 0.6) is 17.2 Å². The minimum absolute atomic E-state index is 0.0617. The van der Waals surface area contributed by atoms with Crippen LogP contribution in [0.1, 0.15) is 33.7 Å². The van der Waals surface area contributed by atoms with E-state index < -0.39 is 29.8 Å². The number of aromatic amines is 1. The van der Waals surface area contributed by atoms with Gasteiger partial charge in [0.05, 0.1) is 30.6 Å². The molecule has 0 radical (unpaired) electrons. The highest BCUT2D eigenvalue weighted by molar-refractivity contribution is 5.95. The molecule has 0 saturated carbocycles. The number of aryl methyl sites for hydroxylation is 1. The molecule has 4 bridgehead atoms. The van der Waals surface area contributed by atoms with Gasteiger partial charge in [-0.1, -0.05) is 6.07 Å². The first-order valence-corrected chi connectivity index (χ1v) is 14.3. The predicted octanol–water partition coefficient (Wildman–Crippen LogP) is 3.05. The molecule has 1 aromatic heterocycles. The zero-order chi connectivity index (χ0) is 30.8. The fourth-order valence-corrected chi connectivity index (χ4v) is 5.59. The van der Waals surface area contributed by atoms with Gasteiger partial charge >= 0.3 is 0 Å². The maximum absolute atomic E-state index is 14.6. The summed E-state index contributed by atoms with van der Waals surface area (Å²) in [7, 11) is 1.46. The number of carbonyl (C=O) groups excluding carboxylic acids is 3. The first kappa shape index (κ1) is 29.0. The van der Waals surface area contributed by atoms with E-state index >= 15 is 0 Å². The van der Waals surface area contributed by atoms with Gasteiger partial charge in [-0.05, 0) is 60.5 Å². The molecule has 4 aromatic rings. The number of likely N-dealkylation sites (tertiary alicyclic amines) is 1. The van der Waals surface area contributed by atoms with Gasteiger partial charge in [0.25, 0.3) is 11.8 Å². The lowest BCUT2D eigenvalue weighted by Crippen LogP contribution is -2.58. The molecular weight excluding hydrogens is 569 g/mol. The Morgan fingerprint density at radius 2 is 2.00 bits per heavy atom. The highest BCUT2D eigenvalue weighted by Gasteiger charge is 2.34. The lowest BCUT2D eigenvalue weighted by Gasteiger charge is -2.39. The van der Waals surface area contributed by atoms with Crippen molar-refractivity contribution in [1.29, 1.82) is 0 Å². The fraction of sp³-hybridized carbons (Fsp3) is 0.312. The number of methoxy groups -OCH3 is 1. The van der Waals surface area contributed by atoms with Gasteiger partial charge in [-0.15, -0.1) is 0 Å². The van der Waals surface area contributed by atoms with Crippen LogP contribution in [0, 0.1) is 12.7 Å². The molecule has 3 aromatic carbocycles. The van der Waals surface area contributed by atoms with Gasteiger partial charge in [0, 0.05) is 37.7 Å². The van der Waals surface area contributed by atoms with E-state index in [2.05, 4.69) is 20.6 Å². The van der Waals surface area contributed by atoms with Crippen molar-refractivity contribution >= 4 is 28.8 Å². The van der Waals surface area contributed by atoms with E-state index in [0.29, 0.717) is 24.3 Å². The predicted molar refractivity (Wildman–Crippen MR) is 158 cm³/mol. The van der Waals surface area contributed by atoms with Crippen molar-refractivity contribution in [3.63, 3.8) is 0 Å². The molecule has 6 rings (SSSR count). The molecular formula is C32H32FN5O6. The second kappa shape index (κ2) is 12.2. The van der Waals surface area contributed by atoms with Crippen LogP contribution in [0.4, 0.5) is 4.39 Å². The largest absolute Gasteiger partial charge is 0.493 e. The van der Waals surface area contributed by atoms with Gasteiger partial charge in [-0.2, -0.15) is 0 Å². The van der Waals surface area contributed by atoms with Gasteiger partial charge in [-0.3, -0.25) is 14.4 Å². The number of nitrogens with one attached hydrogen (secondary N) is 3. The van der Waals surface area contributed by atoms with Crippen LogP contribution < -0.4 is 24.8 Å². The average Bonchev–Trinajstić information content (AvgIpc) is 3.38. The number of hydrogen-bond donors (Lipinski definition) is 3. The molecule has 3 amide bonds. The molecule has 12 heteroatoms. The zero-order valence-corrected chi connectivity index (χ0v) is 24.3. The number of halogens is 1. The Hall–Kier alpha value is -5.13. The number of fused-ring (bicyclic) bond motifs is 6. The Labute approximate surface area is 252 Å². The maximum Gasteiger partial charge on any atom is 0.258 e. The summed E-state index contributed by atoms with van der Waals surface area (Å²) in [6.45, 7) is 2.15. The van der Waals surface area contributed by atoms with Crippen molar-refractivity contribution in [1.82, 2.24) is 25.5 Å². The molecule has 0 aliphatic carbocycles. The first-order chi connectivity index (χ1) is 21.2. The van der Waals surface area contributed by atoms with E-state index in [1.165, 1.54) is 25.3 Å². The number of amides is 3. The minimum Gasteiger partial charge on any atom is -0.493 e. The molecule has 2 atom stereocenters. The summed E-state index contributed by atoms with van der Waals surface area (Å²) in [4.78, 5) is 48.7. The van der Waals surface area contributed by atoms with Crippen LogP contribution in [0.25, 0.3) is 11.0 Å². The third kappa shape index (κ3) is 6.43. The summed E-state index contributed by atoms with van der Waals surface area (Å²) >= 11 is 0. The molecule has 1 saturated heterocycles. The van der Waals surface area contributed by atoms with Crippen LogP contribution in [0.3, 0.4) is 0 Å². The first-order valence-electron chi connectivity index (χ1n) is 14.3. The number of rotatable bonds is 3. The number of nitrogens with zero attached hydrogens (tertiary/aromatic N) is 2. The van der Waals surface area contributed by atoms with Gasteiger partial charge in [0.1, 0.15) is 23.5 Å². The van der Waals surface area contributed by atoms with E-state index in [1.54, 1.807) is 23.1 Å². The van der Waals surface area contributed by atoms with Crippen LogP contribution in [0.15, 0.2) is 54.6 Å². The van der Waals surface area contributed by atoms with Crippen molar-refractivity contribution in [3.05, 3.63) is 82.9 Å². The summed E-state index contributed by atoms with van der Waals surface area (Å²) in [5.74, 6) is 0.146. The van der Waals surface area contributed by atoms with E-state index in [4.69, 9.17) is 14.2 Å². The number of H-pyrrole nitrogens is 1. The second-order valence-corrected chi connectivity index (χ2v) is 10.9. The van der Waals surface area contributed by atoms with Crippen LogP contribution >= 0.6 is 0 Å². The Bertz CT molecular complexity index is 1740. The van der Waals surface area contributed by atoms with Crippen LogP contribution in [-0.4, -0.2) is 71.5 Å².